The molecule has 0 aliphatic rings. The molecule has 0 aromatic heterocycles. The van der Waals surface area contributed by atoms with Gasteiger partial charge in [0.05, 0.1) is 0 Å². The van der Waals surface area contributed by atoms with Crippen LogP contribution in [0.25, 0.3) is 0 Å². The zero-order valence-electron chi connectivity index (χ0n) is 16.9. The number of hydrogen-bond donors (Lipinski definition) is 2. The highest BCUT2D eigenvalue weighted by molar-refractivity contribution is 7.80. The van der Waals surface area contributed by atoms with Crippen LogP contribution in [0.15, 0.2) is 48.5 Å². The van der Waals surface area contributed by atoms with Crippen LogP contribution in [0.3, 0.4) is 0 Å². The Morgan fingerprint density at radius 2 is 1.70 bits per heavy atom. The Kier molecular flexibility index (Phi) is 7.14. The lowest BCUT2D eigenvalue weighted by Gasteiger charge is -2.19. The Morgan fingerprint density at radius 3 is 2.30 bits per heavy atom. The summed E-state index contributed by atoms with van der Waals surface area (Å²) in [5, 5.41) is 6.94. The predicted molar refractivity (Wildman–Crippen MR) is 119 cm³/mol. The summed E-state index contributed by atoms with van der Waals surface area (Å²) in [6.07, 6.45) is 1.06. The number of anilines is 1. The number of ketones is 1. The van der Waals surface area contributed by atoms with Crippen LogP contribution in [0.1, 0.15) is 62.5 Å². The van der Waals surface area contributed by atoms with E-state index in [1.807, 2.05) is 48.5 Å². The van der Waals surface area contributed by atoms with Crippen LogP contribution in [0.4, 0.5) is 5.69 Å². The van der Waals surface area contributed by atoms with Crippen LogP contribution in [-0.4, -0.2) is 17.4 Å². The molecule has 3 nitrogen and oxygen atoms in total. The third-order valence-electron chi connectivity index (χ3n) is 4.40. The summed E-state index contributed by atoms with van der Waals surface area (Å²) in [6.45, 7) is 11.7. The highest BCUT2D eigenvalue weighted by atomic mass is 32.1. The van der Waals surface area contributed by atoms with Crippen molar-refractivity contribution in [3.8, 4) is 0 Å². The largest absolute Gasteiger partial charge is 0.362 e. The van der Waals surface area contributed by atoms with Crippen molar-refractivity contribution in [3.63, 3.8) is 0 Å². The van der Waals surface area contributed by atoms with Crippen LogP contribution in [0.2, 0.25) is 0 Å². The molecule has 0 atom stereocenters. The number of carbonyl (C=O) groups excluding carboxylic acids is 1. The smallest absolute Gasteiger partial charge is 0.193 e. The summed E-state index contributed by atoms with van der Waals surface area (Å²) < 4.78 is 0. The monoisotopic (exact) mass is 382 g/mol. The van der Waals surface area contributed by atoms with E-state index in [0.717, 1.165) is 18.7 Å². The molecule has 2 aromatic carbocycles. The molecule has 0 radical (unpaired) electrons. The number of hydrogen-bond acceptors (Lipinski definition) is 2. The Bertz CT molecular complexity index is 789. The number of benzene rings is 2. The van der Waals surface area contributed by atoms with Gasteiger partial charge in [0.25, 0.3) is 0 Å². The Hall–Kier alpha value is -2.20. The Balaban J connectivity index is 2.05. The fourth-order valence-electron chi connectivity index (χ4n) is 2.68. The molecule has 0 saturated carbocycles. The number of thiocarbonyl (C=S) groups is 1. The van der Waals surface area contributed by atoms with E-state index < -0.39 is 0 Å². The standard InChI is InChI=1S/C23H30N2OS/c1-16(2)13-14-24-22(27)25-20-8-6-7-18(15-20)21(26)17-9-11-19(12-10-17)23(3,4)5/h6-12,15-16H,13-14H2,1-5H3,(H2,24,25,27). The normalized spacial score (nSPS) is 11.3. The van der Waals surface area contributed by atoms with Crippen molar-refractivity contribution < 1.29 is 4.79 Å². The van der Waals surface area contributed by atoms with Crippen molar-refractivity contribution in [2.45, 2.75) is 46.5 Å². The highest BCUT2D eigenvalue weighted by Crippen LogP contribution is 2.23. The van der Waals surface area contributed by atoms with Crippen LogP contribution < -0.4 is 10.6 Å². The van der Waals surface area contributed by atoms with E-state index in [4.69, 9.17) is 12.2 Å². The Labute approximate surface area is 168 Å². The first-order chi connectivity index (χ1) is 12.7. The molecule has 0 bridgehead atoms. The molecular weight excluding hydrogens is 352 g/mol. The second-order valence-electron chi connectivity index (χ2n) is 8.30. The molecule has 144 valence electrons. The summed E-state index contributed by atoms with van der Waals surface area (Å²) in [5.41, 5.74) is 3.44. The first-order valence-electron chi connectivity index (χ1n) is 9.47. The van der Waals surface area contributed by atoms with E-state index in [9.17, 15) is 4.79 Å². The maximum absolute atomic E-state index is 12.8. The van der Waals surface area contributed by atoms with Crippen LogP contribution in [-0.2, 0) is 5.41 Å². The molecule has 0 amide bonds. The van der Waals surface area contributed by atoms with E-state index in [2.05, 4.69) is 45.3 Å². The van der Waals surface area contributed by atoms with Crippen molar-refractivity contribution in [3.05, 3.63) is 65.2 Å². The van der Waals surface area contributed by atoms with Crippen LogP contribution >= 0.6 is 12.2 Å². The minimum Gasteiger partial charge on any atom is -0.362 e. The molecule has 2 N–H and O–H groups in total. The van der Waals surface area contributed by atoms with Gasteiger partial charge in [-0.1, -0.05) is 71.0 Å². The van der Waals surface area contributed by atoms with Gasteiger partial charge in [-0.3, -0.25) is 4.79 Å². The van der Waals surface area contributed by atoms with E-state index in [1.165, 1.54) is 5.56 Å². The third kappa shape index (κ3) is 6.47. The van der Waals surface area contributed by atoms with Gasteiger partial charge in [-0.2, -0.15) is 0 Å². The SMILES string of the molecule is CC(C)CCNC(=S)Nc1cccc(C(=O)c2ccc(C(C)(C)C)cc2)c1. The van der Waals surface area contributed by atoms with Gasteiger partial charge in [0.1, 0.15) is 0 Å². The van der Waals surface area contributed by atoms with Crippen molar-refractivity contribution in [2.24, 2.45) is 5.92 Å². The first-order valence-corrected chi connectivity index (χ1v) is 9.88. The minimum atomic E-state index is 0.0118. The number of nitrogens with one attached hydrogen (secondary N) is 2. The Morgan fingerprint density at radius 1 is 1.04 bits per heavy atom. The molecule has 0 saturated heterocycles. The van der Waals surface area contributed by atoms with Crippen LogP contribution in [0, 0.1) is 5.92 Å². The van der Waals surface area contributed by atoms with Gasteiger partial charge in [0, 0.05) is 23.4 Å². The molecule has 4 heteroatoms. The molecular formula is C23H30N2OS. The van der Waals surface area contributed by atoms with Gasteiger partial charge < -0.3 is 10.6 Å². The average Bonchev–Trinajstić information content (AvgIpc) is 2.60. The quantitative estimate of drug-likeness (QED) is 0.508. The third-order valence-corrected chi connectivity index (χ3v) is 4.65. The summed E-state index contributed by atoms with van der Waals surface area (Å²) in [4.78, 5) is 12.8. The van der Waals surface area contributed by atoms with Crippen molar-refractivity contribution in [1.82, 2.24) is 5.32 Å². The summed E-state index contributed by atoms with van der Waals surface area (Å²) in [5.74, 6) is 0.642. The molecule has 27 heavy (non-hydrogen) atoms. The summed E-state index contributed by atoms with van der Waals surface area (Å²) >= 11 is 5.33. The van der Waals surface area contributed by atoms with Crippen molar-refractivity contribution >= 4 is 28.8 Å². The second-order valence-corrected chi connectivity index (χ2v) is 8.71. The van der Waals surface area contributed by atoms with Gasteiger partial charge in [-0.25, -0.2) is 0 Å². The zero-order valence-corrected chi connectivity index (χ0v) is 17.7. The summed E-state index contributed by atoms with van der Waals surface area (Å²) in [6, 6.07) is 15.3. The molecule has 0 aliphatic carbocycles. The molecule has 0 heterocycles. The molecule has 2 rings (SSSR count). The molecule has 0 unspecified atom stereocenters. The number of rotatable bonds is 6. The molecule has 0 spiro atoms. The van der Waals surface area contributed by atoms with Crippen LogP contribution in [0.5, 0.6) is 0 Å². The molecule has 2 aromatic rings. The van der Waals surface area contributed by atoms with Gasteiger partial charge in [-0.15, -0.1) is 0 Å². The molecule has 0 fully saturated rings. The minimum absolute atomic E-state index is 0.0118. The van der Waals surface area contributed by atoms with E-state index in [0.29, 0.717) is 22.2 Å². The zero-order chi connectivity index (χ0) is 20.0. The average molecular weight is 383 g/mol. The highest BCUT2D eigenvalue weighted by Gasteiger charge is 2.15. The van der Waals surface area contributed by atoms with Gasteiger partial charge in [0.2, 0.25) is 0 Å². The fraction of sp³-hybridized carbons (Fsp3) is 0.391. The van der Waals surface area contributed by atoms with E-state index in [-0.39, 0.29) is 11.2 Å². The van der Waals surface area contributed by atoms with E-state index in [1.54, 1.807) is 0 Å². The lowest BCUT2D eigenvalue weighted by Crippen LogP contribution is -2.29. The van der Waals surface area contributed by atoms with Gasteiger partial charge >= 0.3 is 0 Å². The van der Waals surface area contributed by atoms with Crippen molar-refractivity contribution in [2.75, 3.05) is 11.9 Å². The first kappa shape index (κ1) is 21.1. The van der Waals surface area contributed by atoms with Crippen molar-refractivity contribution in [1.29, 1.82) is 0 Å². The maximum atomic E-state index is 12.8. The topological polar surface area (TPSA) is 41.1 Å². The second kappa shape index (κ2) is 9.14. The fourth-order valence-corrected chi connectivity index (χ4v) is 2.90. The lowest BCUT2D eigenvalue weighted by molar-refractivity contribution is 0.103. The molecule has 0 aliphatic heterocycles. The number of carbonyl (C=O) groups is 1. The summed E-state index contributed by atoms with van der Waals surface area (Å²) in [7, 11) is 0. The predicted octanol–water partition coefficient (Wildman–Crippen LogP) is 5.55. The lowest BCUT2D eigenvalue weighted by atomic mass is 9.86. The van der Waals surface area contributed by atoms with Gasteiger partial charge in [-0.05, 0) is 47.7 Å². The maximum Gasteiger partial charge on any atom is 0.193 e. The van der Waals surface area contributed by atoms with Gasteiger partial charge in [0.15, 0.2) is 10.9 Å². The van der Waals surface area contributed by atoms with E-state index >= 15 is 0 Å².